The second kappa shape index (κ2) is 7.21. The molecule has 0 radical (unpaired) electrons. The molecule has 2 saturated heterocycles. The zero-order valence-electron chi connectivity index (χ0n) is 14.1. The summed E-state index contributed by atoms with van der Waals surface area (Å²) in [6.07, 6.45) is 2.60. The van der Waals surface area contributed by atoms with Crippen LogP contribution in [0.4, 0.5) is 5.69 Å². The number of fused-ring (bicyclic) bond motifs is 1. The number of carbonyl (C=O) groups is 1. The first-order valence-electron chi connectivity index (χ1n) is 8.66. The Morgan fingerprint density at radius 1 is 1.22 bits per heavy atom. The van der Waals surface area contributed by atoms with Crippen LogP contribution >= 0.6 is 0 Å². The number of benzene rings is 1. The molecule has 1 unspecified atom stereocenters. The summed E-state index contributed by atoms with van der Waals surface area (Å²) in [5.41, 5.74) is 1.64. The Hall–Kier alpha value is -1.75. The van der Waals surface area contributed by atoms with E-state index < -0.39 is 0 Å². The van der Waals surface area contributed by atoms with Crippen LogP contribution < -0.4 is 9.64 Å². The van der Waals surface area contributed by atoms with Gasteiger partial charge in [0.2, 0.25) is 0 Å². The van der Waals surface area contributed by atoms with Gasteiger partial charge in [0.25, 0.3) is 0 Å². The van der Waals surface area contributed by atoms with Crippen LogP contribution in [0.2, 0.25) is 0 Å². The van der Waals surface area contributed by atoms with Crippen molar-refractivity contribution in [2.45, 2.75) is 32.7 Å². The maximum absolute atomic E-state index is 12.1. The number of esters is 1. The summed E-state index contributed by atoms with van der Waals surface area (Å²) in [7, 11) is 0. The van der Waals surface area contributed by atoms with Crippen molar-refractivity contribution in [3.63, 3.8) is 0 Å². The van der Waals surface area contributed by atoms with Crippen molar-refractivity contribution >= 4 is 11.7 Å². The van der Waals surface area contributed by atoms with E-state index in [-0.39, 0.29) is 5.97 Å². The molecule has 0 amide bonds. The number of anilines is 1. The van der Waals surface area contributed by atoms with Crippen molar-refractivity contribution in [2.24, 2.45) is 0 Å². The third kappa shape index (κ3) is 3.44. The summed E-state index contributed by atoms with van der Waals surface area (Å²) < 4.78 is 10.8. The van der Waals surface area contributed by atoms with Crippen molar-refractivity contribution < 1.29 is 14.3 Å². The molecular formula is C18H26N2O3. The van der Waals surface area contributed by atoms with Gasteiger partial charge in [0, 0.05) is 37.4 Å². The van der Waals surface area contributed by atoms with E-state index in [4.69, 9.17) is 9.47 Å². The molecule has 5 heteroatoms. The maximum Gasteiger partial charge on any atom is 0.341 e. The Balaban J connectivity index is 1.80. The van der Waals surface area contributed by atoms with Gasteiger partial charge in [0.05, 0.1) is 13.2 Å². The number of rotatable bonds is 5. The second-order valence-electron chi connectivity index (χ2n) is 6.11. The van der Waals surface area contributed by atoms with Crippen LogP contribution in [0.3, 0.4) is 0 Å². The van der Waals surface area contributed by atoms with Gasteiger partial charge in [-0.3, -0.25) is 4.90 Å². The van der Waals surface area contributed by atoms with E-state index in [1.807, 2.05) is 32.0 Å². The minimum Gasteiger partial charge on any atom is -0.493 e. The number of carbonyl (C=O) groups excluding carboxylic acids is 1. The van der Waals surface area contributed by atoms with Gasteiger partial charge in [-0.05, 0) is 45.4 Å². The van der Waals surface area contributed by atoms with E-state index >= 15 is 0 Å². The molecule has 0 aliphatic carbocycles. The Bertz CT molecular complexity index is 561. The molecule has 3 rings (SSSR count). The molecule has 23 heavy (non-hydrogen) atoms. The summed E-state index contributed by atoms with van der Waals surface area (Å²) in [6.45, 7) is 9.10. The van der Waals surface area contributed by atoms with E-state index in [1.54, 1.807) is 0 Å². The third-order valence-corrected chi connectivity index (χ3v) is 4.71. The van der Waals surface area contributed by atoms with Crippen molar-refractivity contribution in [2.75, 3.05) is 44.3 Å². The molecule has 2 aliphatic rings. The molecule has 126 valence electrons. The van der Waals surface area contributed by atoms with E-state index in [1.165, 1.54) is 19.4 Å². The first-order chi connectivity index (χ1) is 11.2. The molecule has 2 heterocycles. The van der Waals surface area contributed by atoms with Crippen LogP contribution in [0.25, 0.3) is 0 Å². The van der Waals surface area contributed by atoms with E-state index in [9.17, 15) is 4.79 Å². The van der Waals surface area contributed by atoms with Gasteiger partial charge in [0.1, 0.15) is 11.3 Å². The molecule has 5 nitrogen and oxygen atoms in total. The summed E-state index contributed by atoms with van der Waals surface area (Å²) in [5, 5.41) is 0. The molecule has 1 aromatic carbocycles. The van der Waals surface area contributed by atoms with Crippen molar-refractivity contribution in [3.05, 3.63) is 23.8 Å². The lowest BCUT2D eigenvalue weighted by Crippen LogP contribution is -2.50. The number of nitrogens with zero attached hydrogens (tertiary/aromatic N) is 2. The highest BCUT2D eigenvalue weighted by Crippen LogP contribution is 2.30. The third-order valence-electron chi connectivity index (χ3n) is 4.71. The predicted molar refractivity (Wildman–Crippen MR) is 90.4 cm³/mol. The first kappa shape index (κ1) is 16.1. The largest absolute Gasteiger partial charge is 0.493 e. The van der Waals surface area contributed by atoms with Crippen LogP contribution in [0, 0.1) is 0 Å². The monoisotopic (exact) mass is 318 g/mol. The lowest BCUT2D eigenvalue weighted by atomic mass is 10.1. The number of ether oxygens (including phenoxy) is 2. The number of hydrogen-bond acceptors (Lipinski definition) is 5. The Morgan fingerprint density at radius 3 is 2.87 bits per heavy atom. The van der Waals surface area contributed by atoms with Gasteiger partial charge in [0.15, 0.2) is 0 Å². The van der Waals surface area contributed by atoms with E-state index in [2.05, 4.69) is 9.80 Å². The normalized spacial score (nSPS) is 21.1. The molecule has 2 fully saturated rings. The number of piperazine rings is 1. The Morgan fingerprint density at radius 2 is 2.09 bits per heavy atom. The van der Waals surface area contributed by atoms with E-state index in [0.717, 1.165) is 25.3 Å². The smallest absolute Gasteiger partial charge is 0.341 e. The van der Waals surface area contributed by atoms with Gasteiger partial charge >= 0.3 is 5.97 Å². The highest BCUT2D eigenvalue weighted by Gasteiger charge is 2.31. The van der Waals surface area contributed by atoms with Gasteiger partial charge < -0.3 is 14.4 Å². The average molecular weight is 318 g/mol. The van der Waals surface area contributed by atoms with Gasteiger partial charge in [-0.2, -0.15) is 0 Å². The summed E-state index contributed by atoms with van der Waals surface area (Å²) in [4.78, 5) is 17.1. The molecule has 0 spiro atoms. The number of hydrogen-bond donors (Lipinski definition) is 0. The fraction of sp³-hybridized carbons (Fsp3) is 0.611. The van der Waals surface area contributed by atoms with Gasteiger partial charge in [-0.15, -0.1) is 0 Å². The van der Waals surface area contributed by atoms with Crippen LogP contribution in [0.5, 0.6) is 5.75 Å². The van der Waals surface area contributed by atoms with E-state index in [0.29, 0.717) is 30.6 Å². The molecule has 1 aromatic rings. The van der Waals surface area contributed by atoms with Crippen molar-refractivity contribution in [1.82, 2.24) is 4.90 Å². The standard InChI is InChI=1S/C18H26N2O3/c1-3-22-17-12-14(7-8-16(17)18(21)23-4-2)20-11-10-19-9-5-6-15(19)13-20/h7-8,12,15H,3-6,9-11,13H2,1-2H3. The fourth-order valence-corrected chi connectivity index (χ4v) is 3.59. The highest BCUT2D eigenvalue weighted by molar-refractivity contribution is 5.93. The lowest BCUT2D eigenvalue weighted by molar-refractivity contribution is 0.0522. The van der Waals surface area contributed by atoms with Gasteiger partial charge in [-0.25, -0.2) is 4.79 Å². The van der Waals surface area contributed by atoms with Crippen molar-refractivity contribution in [3.8, 4) is 5.75 Å². The van der Waals surface area contributed by atoms with Crippen LogP contribution in [-0.2, 0) is 4.74 Å². The quantitative estimate of drug-likeness (QED) is 0.781. The summed E-state index contributed by atoms with van der Waals surface area (Å²) >= 11 is 0. The molecule has 0 saturated carbocycles. The molecule has 0 aromatic heterocycles. The predicted octanol–water partition coefficient (Wildman–Crippen LogP) is 2.55. The lowest BCUT2D eigenvalue weighted by Gasteiger charge is -2.39. The topological polar surface area (TPSA) is 42.0 Å². The zero-order chi connectivity index (χ0) is 16.2. The Kier molecular flexibility index (Phi) is 5.06. The van der Waals surface area contributed by atoms with Crippen molar-refractivity contribution in [1.29, 1.82) is 0 Å². The first-order valence-corrected chi connectivity index (χ1v) is 8.66. The summed E-state index contributed by atoms with van der Waals surface area (Å²) in [5.74, 6) is 0.306. The molecule has 0 bridgehead atoms. The second-order valence-corrected chi connectivity index (χ2v) is 6.11. The minimum absolute atomic E-state index is 0.317. The Labute approximate surface area is 138 Å². The average Bonchev–Trinajstić information content (AvgIpc) is 3.03. The highest BCUT2D eigenvalue weighted by atomic mass is 16.5. The fourth-order valence-electron chi connectivity index (χ4n) is 3.59. The zero-order valence-corrected chi connectivity index (χ0v) is 14.1. The molecule has 2 aliphatic heterocycles. The van der Waals surface area contributed by atoms with Crippen LogP contribution in [-0.4, -0.2) is 56.3 Å². The SMILES string of the molecule is CCOC(=O)c1ccc(N2CCN3CCCC3C2)cc1OCC. The molecule has 1 atom stereocenters. The minimum atomic E-state index is -0.317. The molecular weight excluding hydrogens is 292 g/mol. The van der Waals surface area contributed by atoms with Crippen LogP contribution in [0.15, 0.2) is 18.2 Å². The molecule has 0 N–H and O–H groups in total. The van der Waals surface area contributed by atoms with Gasteiger partial charge in [-0.1, -0.05) is 0 Å². The maximum atomic E-state index is 12.1. The van der Waals surface area contributed by atoms with Crippen LogP contribution in [0.1, 0.15) is 37.0 Å². The summed E-state index contributed by atoms with van der Waals surface area (Å²) in [6, 6.07) is 6.50.